The molecule has 2 heteroatoms. The minimum Gasteiger partial charge on any atom is -0.359 e. The standard InChI is InChI=1S/C20H15OP.C2H6/c1-2-8-14(9-3-1)22-17-12-6-4-10-15(17)19-20(21-19)16-11-5-7-13-18(16)22;1-2/h1-13,19-20H;1-2H3. The van der Waals surface area contributed by atoms with Gasteiger partial charge in [0, 0.05) is 0 Å². The predicted molar refractivity (Wildman–Crippen MR) is 103 cm³/mol. The molecule has 0 spiro atoms. The van der Waals surface area contributed by atoms with Crippen molar-refractivity contribution < 1.29 is 4.74 Å². The Bertz CT molecular complexity index is 792. The van der Waals surface area contributed by atoms with Crippen LogP contribution in [0.15, 0.2) is 78.9 Å². The molecule has 0 aromatic heterocycles. The Kier molecular flexibility index (Phi) is 4.22. The molecule has 3 aromatic rings. The number of benzene rings is 3. The Labute approximate surface area is 145 Å². The fourth-order valence-corrected chi connectivity index (χ4v) is 6.11. The molecule has 24 heavy (non-hydrogen) atoms. The molecule has 0 saturated carbocycles. The van der Waals surface area contributed by atoms with Crippen molar-refractivity contribution in [3.63, 3.8) is 0 Å². The summed E-state index contributed by atoms with van der Waals surface area (Å²) in [5, 5.41) is 4.31. The minimum atomic E-state index is -0.501. The van der Waals surface area contributed by atoms with Crippen LogP contribution < -0.4 is 15.9 Å². The molecule has 0 aliphatic carbocycles. The van der Waals surface area contributed by atoms with E-state index >= 15 is 0 Å². The second-order valence-electron chi connectivity index (χ2n) is 5.77. The molecule has 0 bridgehead atoms. The summed E-state index contributed by atoms with van der Waals surface area (Å²) in [5.74, 6) is 0. The first-order chi connectivity index (χ1) is 11.9. The average Bonchev–Trinajstić information content (AvgIpc) is 3.46. The lowest BCUT2D eigenvalue weighted by atomic mass is 10.0. The van der Waals surface area contributed by atoms with Crippen LogP contribution in [-0.4, -0.2) is 0 Å². The maximum Gasteiger partial charge on any atom is 0.114 e. The molecular weight excluding hydrogens is 311 g/mol. The second-order valence-corrected chi connectivity index (χ2v) is 7.92. The summed E-state index contributed by atoms with van der Waals surface area (Å²) >= 11 is 0. The van der Waals surface area contributed by atoms with Crippen LogP contribution in [0, 0.1) is 0 Å². The van der Waals surface area contributed by atoms with Crippen LogP contribution in [0.4, 0.5) is 0 Å². The molecule has 0 N–H and O–H groups in total. The highest BCUT2D eigenvalue weighted by Gasteiger charge is 2.47. The SMILES string of the molecule is CC.c1ccc(P2c3ccccc3C3OC3c3ccccc32)cc1. The number of hydrogen-bond acceptors (Lipinski definition) is 1. The van der Waals surface area contributed by atoms with Crippen molar-refractivity contribution in [2.24, 2.45) is 0 Å². The van der Waals surface area contributed by atoms with Crippen molar-refractivity contribution >= 4 is 23.8 Å². The van der Waals surface area contributed by atoms with E-state index in [0.29, 0.717) is 0 Å². The Morgan fingerprint density at radius 3 is 1.62 bits per heavy atom. The molecular formula is C22H21OP. The van der Waals surface area contributed by atoms with Gasteiger partial charge in [-0.2, -0.15) is 0 Å². The van der Waals surface area contributed by atoms with Crippen molar-refractivity contribution in [2.45, 2.75) is 26.1 Å². The Balaban J connectivity index is 0.000000704. The van der Waals surface area contributed by atoms with Gasteiger partial charge in [0.15, 0.2) is 0 Å². The van der Waals surface area contributed by atoms with Crippen LogP contribution in [0.25, 0.3) is 0 Å². The van der Waals surface area contributed by atoms with E-state index in [4.69, 9.17) is 4.74 Å². The fourth-order valence-electron chi connectivity index (χ4n) is 3.43. The van der Waals surface area contributed by atoms with Gasteiger partial charge in [-0.3, -0.25) is 0 Å². The van der Waals surface area contributed by atoms with Crippen LogP contribution >= 0.6 is 7.92 Å². The van der Waals surface area contributed by atoms with E-state index in [2.05, 4.69) is 78.9 Å². The Morgan fingerprint density at radius 2 is 1.08 bits per heavy atom. The minimum absolute atomic E-state index is 0.244. The quantitative estimate of drug-likeness (QED) is 0.469. The molecule has 0 radical (unpaired) electrons. The van der Waals surface area contributed by atoms with Crippen molar-refractivity contribution in [2.75, 3.05) is 0 Å². The highest BCUT2D eigenvalue weighted by molar-refractivity contribution is 7.80. The molecule has 2 aliphatic heterocycles. The Hall–Kier alpha value is -1.95. The average molecular weight is 332 g/mol. The molecule has 2 atom stereocenters. The Morgan fingerprint density at radius 1 is 0.625 bits per heavy atom. The van der Waals surface area contributed by atoms with E-state index < -0.39 is 7.92 Å². The highest BCUT2D eigenvalue weighted by atomic mass is 31.1. The van der Waals surface area contributed by atoms with Gasteiger partial charge in [0.05, 0.1) is 0 Å². The van der Waals surface area contributed by atoms with Gasteiger partial charge >= 0.3 is 0 Å². The third kappa shape index (κ3) is 2.49. The fraction of sp³-hybridized carbons (Fsp3) is 0.182. The van der Waals surface area contributed by atoms with Crippen LogP contribution in [0.3, 0.4) is 0 Å². The first-order valence-electron chi connectivity index (χ1n) is 8.62. The van der Waals surface area contributed by atoms with Gasteiger partial charge in [0.1, 0.15) is 12.2 Å². The molecule has 2 unspecified atom stereocenters. The van der Waals surface area contributed by atoms with Crippen molar-refractivity contribution in [3.8, 4) is 0 Å². The monoisotopic (exact) mass is 332 g/mol. The molecule has 1 saturated heterocycles. The van der Waals surface area contributed by atoms with Crippen molar-refractivity contribution in [1.29, 1.82) is 0 Å². The lowest BCUT2D eigenvalue weighted by Crippen LogP contribution is -2.23. The van der Waals surface area contributed by atoms with Gasteiger partial charge in [-0.1, -0.05) is 92.7 Å². The van der Waals surface area contributed by atoms with Crippen LogP contribution in [-0.2, 0) is 4.74 Å². The summed E-state index contributed by atoms with van der Waals surface area (Å²) in [6.45, 7) is 4.00. The maximum absolute atomic E-state index is 6.01. The van der Waals surface area contributed by atoms with Crippen molar-refractivity contribution in [3.05, 3.63) is 90.0 Å². The first-order valence-corrected chi connectivity index (χ1v) is 9.96. The molecule has 1 fully saturated rings. The molecule has 120 valence electrons. The van der Waals surface area contributed by atoms with E-state index in [-0.39, 0.29) is 12.2 Å². The number of hydrogen-bond donors (Lipinski definition) is 0. The zero-order valence-corrected chi connectivity index (χ0v) is 14.9. The number of rotatable bonds is 1. The first kappa shape index (κ1) is 15.6. The van der Waals surface area contributed by atoms with Gasteiger partial charge in [-0.25, -0.2) is 0 Å². The largest absolute Gasteiger partial charge is 0.359 e. The summed E-state index contributed by atoms with van der Waals surface area (Å²) in [4.78, 5) is 0. The molecule has 3 aromatic carbocycles. The van der Waals surface area contributed by atoms with Crippen molar-refractivity contribution in [1.82, 2.24) is 0 Å². The zero-order valence-electron chi connectivity index (χ0n) is 14.0. The summed E-state index contributed by atoms with van der Waals surface area (Å²) in [7, 11) is -0.501. The highest BCUT2D eigenvalue weighted by Crippen LogP contribution is 2.56. The van der Waals surface area contributed by atoms with Crippen LogP contribution in [0.2, 0.25) is 0 Å². The molecule has 5 rings (SSSR count). The van der Waals surface area contributed by atoms with E-state index in [1.165, 1.54) is 27.0 Å². The summed E-state index contributed by atoms with van der Waals surface area (Å²) in [6, 6.07) is 28.5. The van der Waals surface area contributed by atoms with Gasteiger partial charge in [0.25, 0.3) is 0 Å². The van der Waals surface area contributed by atoms with E-state index in [1.807, 2.05) is 13.8 Å². The van der Waals surface area contributed by atoms with Gasteiger partial charge in [-0.05, 0) is 35.0 Å². The predicted octanol–water partition coefficient (Wildman–Crippen LogP) is 4.60. The van der Waals surface area contributed by atoms with Crippen LogP contribution in [0.1, 0.15) is 37.2 Å². The van der Waals surface area contributed by atoms with E-state index in [0.717, 1.165) is 0 Å². The smallest absolute Gasteiger partial charge is 0.114 e. The molecule has 0 amide bonds. The summed E-state index contributed by atoms with van der Waals surface area (Å²) in [6.07, 6.45) is 0.488. The van der Waals surface area contributed by atoms with E-state index in [9.17, 15) is 0 Å². The van der Waals surface area contributed by atoms with E-state index in [1.54, 1.807) is 0 Å². The normalized spacial score (nSPS) is 22.8. The summed E-state index contributed by atoms with van der Waals surface area (Å²) < 4.78 is 6.01. The third-order valence-electron chi connectivity index (χ3n) is 4.47. The lowest BCUT2D eigenvalue weighted by molar-refractivity contribution is 0.378. The number of ether oxygens (including phenoxy) is 1. The lowest BCUT2D eigenvalue weighted by Gasteiger charge is -2.22. The number of epoxide rings is 1. The summed E-state index contributed by atoms with van der Waals surface area (Å²) in [5.41, 5.74) is 2.75. The topological polar surface area (TPSA) is 12.5 Å². The third-order valence-corrected chi connectivity index (χ3v) is 7.07. The van der Waals surface area contributed by atoms with Crippen LogP contribution in [0.5, 0.6) is 0 Å². The van der Waals surface area contributed by atoms with Gasteiger partial charge in [0.2, 0.25) is 0 Å². The van der Waals surface area contributed by atoms with Gasteiger partial charge in [-0.15, -0.1) is 0 Å². The number of fused-ring (bicyclic) bond motifs is 5. The molecule has 1 nitrogen and oxygen atoms in total. The van der Waals surface area contributed by atoms with Gasteiger partial charge < -0.3 is 4.74 Å². The maximum atomic E-state index is 6.01. The molecule has 2 aliphatic rings. The molecule has 2 heterocycles. The zero-order chi connectivity index (χ0) is 16.5. The second kappa shape index (κ2) is 6.51.